The zero-order chi connectivity index (χ0) is 18.4. The number of hydrogen-bond acceptors (Lipinski definition) is 5. The van der Waals surface area contributed by atoms with E-state index in [1.165, 1.54) is 0 Å². The number of hydrogen-bond donors (Lipinski definition) is 1. The highest BCUT2D eigenvalue weighted by atomic mass is 35.5. The van der Waals surface area contributed by atoms with Gasteiger partial charge >= 0.3 is 0 Å². The Morgan fingerprint density at radius 1 is 1.30 bits per heavy atom. The van der Waals surface area contributed by atoms with E-state index in [0.717, 1.165) is 55.5 Å². The van der Waals surface area contributed by atoms with E-state index in [4.69, 9.17) is 10.3 Å². The third kappa shape index (κ3) is 3.83. The number of fused-ring (bicyclic) bond motifs is 1. The predicted molar refractivity (Wildman–Crippen MR) is 107 cm³/mol. The van der Waals surface area contributed by atoms with Gasteiger partial charge in [-0.1, -0.05) is 19.0 Å². The molecular weight excluding hydrogens is 364 g/mol. The first-order valence-corrected chi connectivity index (χ1v) is 9.80. The second-order valence-electron chi connectivity index (χ2n) is 8.28. The average Bonchev–Trinajstić information content (AvgIpc) is 3.39. The van der Waals surface area contributed by atoms with E-state index in [2.05, 4.69) is 24.0 Å². The molecule has 2 aromatic rings. The minimum absolute atomic E-state index is 0. The van der Waals surface area contributed by atoms with Crippen molar-refractivity contribution in [1.82, 2.24) is 15.0 Å². The minimum Gasteiger partial charge on any atom is -0.338 e. The lowest BCUT2D eigenvalue weighted by atomic mass is 9.91. The van der Waals surface area contributed by atoms with Crippen molar-refractivity contribution in [3.8, 4) is 0 Å². The van der Waals surface area contributed by atoms with Crippen LogP contribution in [-0.2, 0) is 0 Å². The van der Waals surface area contributed by atoms with Crippen molar-refractivity contribution >= 4 is 29.4 Å². The van der Waals surface area contributed by atoms with Crippen molar-refractivity contribution in [2.45, 2.75) is 64.3 Å². The highest BCUT2D eigenvalue weighted by Crippen LogP contribution is 2.41. The maximum absolute atomic E-state index is 13.4. The van der Waals surface area contributed by atoms with Crippen LogP contribution in [-0.4, -0.2) is 40.1 Å². The summed E-state index contributed by atoms with van der Waals surface area (Å²) in [6.07, 6.45) is 4.36. The summed E-state index contributed by atoms with van der Waals surface area (Å²) in [6, 6.07) is 2.09. The number of aromatic nitrogens is 2. The Morgan fingerprint density at radius 3 is 2.67 bits per heavy atom. The molecule has 1 saturated heterocycles. The number of carbonyl (C=O) groups is 1. The molecule has 27 heavy (non-hydrogen) atoms. The Kier molecular flexibility index (Phi) is 5.77. The van der Waals surface area contributed by atoms with Gasteiger partial charge < -0.3 is 15.2 Å². The summed E-state index contributed by atoms with van der Waals surface area (Å²) in [5.41, 5.74) is 9.09. The van der Waals surface area contributed by atoms with Gasteiger partial charge in [0.25, 0.3) is 11.6 Å². The Bertz CT molecular complexity index is 829. The van der Waals surface area contributed by atoms with Crippen LogP contribution in [0.15, 0.2) is 10.6 Å². The fourth-order valence-corrected chi connectivity index (χ4v) is 3.94. The molecule has 6 nitrogen and oxygen atoms in total. The van der Waals surface area contributed by atoms with Crippen molar-refractivity contribution in [2.24, 2.45) is 11.7 Å². The highest BCUT2D eigenvalue weighted by molar-refractivity contribution is 6.06. The van der Waals surface area contributed by atoms with Gasteiger partial charge in [-0.05, 0) is 50.5 Å². The molecule has 2 N–H and O–H groups in total. The molecule has 2 aliphatic rings. The number of pyridine rings is 1. The SMILES string of the molecule is CC(C)c1noc2nc(C3CC3)cc(C(=O)N3CCCC(C(C)N)C3)c12.Cl. The molecule has 1 aliphatic heterocycles. The number of nitrogens with two attached hydrogens (primary N) is 1. The van der Waals surface area contributed by atoms with E-state index < -0.39 is 0 Å². The summed E-state index contributed by atoms with van der Waals surface area (Å²) in [5.74, 6) is 1.06. The van der Waals surface area contributed by atoms with Crippen LogP contribution in [0, 0.1) is 5.92 Å². The van der Waals surface area contributed by atoms with Crippen molar-refractivity contribution < 1.29 is 9.32 Å². The fourth-order valence-electron chi connectivity index (χ4n) is 3.94. The van der Waals surface area contributed by atoms with Gasteiger partial charge in [0.2, 0.25) is 0 Å². The van der Waals surface area contributed by atoms with Gasteiger partial charge in [0, 0.05) is 30.7 Å². The van der Waals surface area contributed by atoms with E-state index in [0.29, 0.717) is 23.1 Å². The van der Waals surface area contributed by atoms with E-state index >= 15 is 0 Å². The van der Waals surface area contributed by atoms with Crippen LogP contribution < -0.4 is 5.73 Å². The van der Waals surface area contributed by atoms with Gasteiger partial charge in [-0.25, -0.2) is 4.98 Å². The topological polar surface area (TPSA) is 85.2 Å². The first kappa shape index (κ1) is 20.1. The van der Waals surface area contributed by atoms with Gasteiger partial charge in [-0.3, -0.25) is 4.79 Å². The zero-order valence-corrected chi connectivity index (χ0v) is 17.1. The van der Waals surface area contributed by atoms with Crippen LogP contribution in [0.3, 0.4) is 0 Å². The second-order valence-corrected chi connectivity index (χ2v) is 8.28. The third-order valence-electron chi connectivity index (χ3n) is 5.75. The molecule has 0 aromatic carbocycles. The van der Waals surface area contributed by atoms with Crippen LogP contribution in [0.4, 0.5) is 0 Å². The molecule has 3 heterocycles. The monoisotopic (exact) mass is 392 g/mol. The van der Waals surface area contributed by atoms with E-state index in [1.54, 1.807) is 0 Å². The molecule has 2 unspecified atom stereocenters. The van der Waals surface area contributed by atoms with Gasteiger partial charge in [-0.2, -0.15) is 0 Å². The summed E-state index contributed by atoms with van der Waals surface area (Å²) in [5, 5.41) is 5.01. The largest absolute Gasteiger partial charge is 0.338 e. The number of carbonyl (C=O) groups excluding carboxylic acids is 1. The highest BCUT2D eigenvalue weighted by Gasteiger charge is 2.32. The van der Waals surface area contributed by atoms with E-state index in [1.807, 2.05) is 17.9 Å². The predicted octanol–water partition coefficient (Wildman–Crippen LogP) is 3.84. The Morgan fingerprint density at radius 2 is 2.04 bits per heavy atom. The van der Waals surface area contributed by atoms with Crippen molar-refractivity contribution in [2.75, 3.05) is 13.1 Å². The molecule has 2 aromatic heterocycles. The van der Waals surface area contributed by atoms with Crippen molar-refractivity contribution in [3.63, 3.8) is 0 Å². The molecule has 0 bridgehead atoms. The van der Waals surface area contributed by atoms with Crippen molar-refractivity contribution in [1.29, 1.82) is 0 Å². The molecule has 7 heteroatoms. The van der Waals surface area contributed by atoms with E-state index in [9.17, 15) is 4.79 Å². The summed E-state index contributed by atoms with van der Waals surface area (Å²) in [6.45, 7) is 7.67. The molecular formula is C20H29ClN4O2. The average molecular weight is 393 g/mol. The van der Waals surface area contributed by atoms with Gasteiger partial charge in [0.1, 0.15) is 0 Å². The lowest BCUT2D eigenvalue weighted by Crippen LogP contribution is -2.45. The minimum atomic E-state index is 0. The number of piperidine rings is 1. The standard InChI is InChI=1S/C20H28N4O2.ClH/c1-11(2)18-17-15(9-16(13-6-7-13)22-19(17)26-23-18)20(25)24-8-4-5-14(10-24)12(3)21;/h9,11-14H,4-8,10,21H2,1-3H3;1H. The quantitative estimate of drug-likeness (QED) is 0.854. The molecule has 1 amide bonds. The molecule has 0 spiro atoms. The Hall–Kier alpha value is -1.66. The number of likely N-dealkylation sites (tertiary alicyclic amines) is 1. The molecule has 4 rings (SSSR count). The lowest BCUT2D eigenvalue weighted by Gasteiger charge is -2.34. The normalized spacial score (nSPS) is 21.4. The Labute approximate surface area is 166 Å². The molecule has 148 valence electrons. The van der Waals surface area contributed by atoms with Crippen LogP contribution in [0.1, 0.15) is 80.0 Å². The van der Waals surface area contributed by atoms with Crippen LogP contribution in [0.5, 0.6) is 0 Å². The first-order valence-electron chi connectivity index (χ1n) is 9.80. The maximum Gasteiger partial charge on any atom is 0.259 e. The fraction of sp³-hybridized carbons (Fsp3) is 0.650. The summed E-state index contributed by atoms with van der Waals surface area (Å²) in [4.78, 5) is 20.0. The summed E-state index contributed by atoms with van der Waals surface area (Å²) < 4.78 is 5.51. The Balaban J connectivity index is 0.00000210. The van der Waals surface area contributed by atoms with Crippen LogP contribution >= 0.6 is 12.4 Å². The second kappa shape index (κ2) is 7.76. The van der Waals surface area contributed by atoms with Crippen molar-refractivity contribution in [3.05, 3.63) is 23.0 Å². The van der Waals surface area contributed by atoms with Gasteiger partial charge in [0.05, 0.1) is 16.6 Å². The number of halogens is 1. The van der Waals surface area contributed by atoms with Gasteiger partial charge in [0.15, 0.2) is 0 Å². The molecule has 2 fully saturated rings. The number of nitrogens with zero attached hydrogens (tertiary/aromatic N) is 3. The zero-order valence-electron chi connectivity index (χ0n) is 16.3. The summed E-state index contributed by atoms with van der Waals surface area (Å²) in [7, 11) is 0. The number of rotatable bonds is 4. The maximum atomic E-state index is 13.4. The van der Waals surface area contributed by atoms with Gasteiger partial charge in [-0.15, -0.1) is 12.4 Å². The molecule has 0 radical (unpaired) electrons. The van der Waals surface area contributed by atoms with Crippen LogP contribution in [0.2, 0.25) is 0 Å². The van der Waals surface area contributed by atoms with E-state index in [-0.39, 0.29) is 30.3 Å². The smallest absolute Gasteiger partial charge is 0.259 e. The lowest BCUT2D eigenvalue weighted by molar-refractivity contribution is 0.0662. The summed E-state index contributed by atoms with van der Waals surface area (Å²) >= 11 is 0. The third-order valence-corrected chi connectivity index (χ3v) is 5.75. The molecule has 1 saturated carbocycles. The number of amides is 1. The molecule has 1 aliphatic carbocycles. The molecule has 2 atom stereocenters. The first-order chi connectivity index (χ1) is 12.5. The van der Waals surface area contributed by atoms with Crippen LogP contribution in [0.25, 0.3) is 11.1 Å².